The first-order valence-electron chi connectivity index (χ1n) is 9.16. The van der Waals surface area contributed by atoms with Crippen LogP contribution in [0.1, 0.15) is 21.5 Å². The lowest BCUT2D eigenvalue weighted by atomic mass is 10.1. The van der Waals surface area contributed by atoms with Crippen molar-refractivity contribution >= 4 is 44.4 Å². The van der Waals surface area contributed by atoms with Gasteiger partial charge in [0, 0.05) is 5.39 Å². The van der Waals surface area contributed by atoms with E-state index < -0.39 is 17.5 Å². The SMILES string of the molecule is COC(=O)Cn1c(=NC(=O)c2cc3ccccc3oc2=O)sc2cc(C)cc(C)c21. The van der Waals surface area contributed by atoms with Gasteiger partial charge >= 0.3 is 11.6 Å². The molecular weight excluding hydrogens is 404 g/mol. The van der Waals surface area contributed by atoms with Crippen LogP contribution in [0.25, 0.3) is 21.2 Å². The molecule has 1 amide bonds. The van der Waals surface area contributed by atoms with Crippen LogP contribution >= 0.6 is 11.3 Å². The highest BCUT2D eigenvalue weighted by Crippen LogP contribution is 2.23. The van der Waals surface area contributed by atoms with E-state index in [-0.39, 0.29) is 12.1 Å². The molecule has 0 bridgehead atoms. The van der Waals surface area contributed by atoms with Gasteiger partial charge < -0.3 is 13.7 Å². The molecule has 0 saturated heterocycles. The maximum Gasteiger partial charge on any atom is 0.349 e. The van der Waals surface area contributed by atoms with Crippen molar-refractivity contribution in [2.24, 2.45) is 4.99 Å². The Balaban J connectivity index is 1.92. The number of ether oxygens (including phenoxy) is 1. The summed E-state index contributed by atoms with van der Waals surface area (Å²) in [7, 11) is 1.30. The smallest absolute Gasteiger partial charge is 0.349 e. The summed E-state index contributed by atoms with van der Waals surface area (Å²) in [5.41, 5.74) is 2.28. The lowest BCUT2D eigenvalue weighted by molar-refractivity contribution is -0.141. The summed E-state index contributed by atoms with van der Waals surface area (Å²) in [6.07, 6.45) is 0. The summed E-state index contributed by atoms with van der Waals surface area (Å²) in [6, 6.07) is 12.4. The van der Waals surface area contributed by atoms with E-state index in [1.807, 2.05) is 26.0 Å². The Kier molecular flexibility index (Phi) is 5.09. The van der Waals surface area contributed by atoms with Crippen LogP contribution in [0.4, 0.5) is 0 Å². The molecule has 0 N–H and O–H groups in total. The number of amides is 1. The number of nitrogens with zero attached hydrogens (tertiary/aromatic N) is 2. The summed E-state index contributed by atoms with van der Waals surface area (Å²) in [5.74, 6) is -1.19. The van der Waals surface area contributed by atoms with Crippen molar-refractivity contribution in [3.63, 3.8) is 0 Å². The quantitative estimate of drug-likeness (QED) is 0.373. The van der Waals surface area contributed by atoms with Crippen LogP contribution in [-0.2, 0) is 16.1 Å². The molecule has 0 aliphatic rings. The third-order valence-electron chi connectivity index (χ3n) is 4.70. The number of aromatic nitrogens is 1. The van der Waals surface area contributed by atoms with Gasteiger partial charge in [0.15, 0.2) is 4.80 Å². The zero-order valence-electron chi connectivity index (χ0n) is 16.6. The van der Waals surface area contributed by atoms with Crippen LogP contribution in [0.3, 0.4) is 0 Å². The first-order chi connectivity index (χ1) is 14.4. The first-order valence-corrected chi connectivity index (χ1v) is 9.98. The molecule has 0 spiro atoms. The van der Waals surface area contributed by atoms with Crippen molar-refractivity contribution < 1.29 is 18.7 Å². The molecule has 2 heterocycles. The van der Waals surface area contributed by atoms with Crippen LogP contribution in [0.2, 0.25) is 0 Å². The number of benzene rings is 2. The topological polar surface area (TPSA) is 90.9 Å². The summed E-state index contributed by atoms with van der Waals surface area (Å²) in [4.78, 5) is 41.6. The fourth-order valence-electron chi connectivity index (χ4n) is 3.38. The standard InChI is InChI=1S/C22H18N2O5S/c1-12-8-13(2)19-17(9-12)30-22(24(19)11-18(25)28-3)23-20(26)15-10-14-6-4-5-7-16(14)29-21(15)27/h4-10H,11H2,1-3H3. The number of para-hydroxylation sites is 1. The largest absolute Gasteiger partial charge is 0.468 e. The van der Waals surface area contributed by atoms with Gasteiger partial charge in [-0.3, -0.25) is 9.59 Å². The number of methoxy groups -OCH3 is 1. The molecule has 4 rings (SSSR count). The van der Waals surface area contributed by atoms with E-state index in [2.05, 4.69) is 4.99 Å². The molecule has 8 heteroatoms. The molecule has 0 aliphatic carbocycles. The molecule has 4 aromatic rings. The molecule has 7 nitrogen and oxygen atoms in total. The summed E-state index contributed by atoms with van der Waals surface area (Å²) in [6.45, 7) is 3.80. The highest BCUT2D eigenvalue weighted by atomic mass is 32.1. The Morgan fingerprint density at radius 1 is 1.17 bits per heavy atom. The summed E-state index contributed by atoms with van der Waals surface area (Å²) < 4.78 is 12.6. The van der Waals surface area contributed by atoms with Crippen LogP contribution < -0.4 is 10.4 Å². The number of fused-ring (bicyclic) bond motifs is 2. The lowest BCUT2D eigenvalue weighted by Gasteiger charge is -2.06. The highest BCUT2D eigenvalue weighted by molar-refractivity contribution is 7.16. The molecule has 0 aliphatic heterocycles. The Labute approximate surface area is 174 Å². The maximum atomic E-state index is 12.9. The third kappa shape index (κ3) is 3.57. The monoisotopic (exact) mass is 422 g/mol. The molecule has 30 heavy (non-hydrogen) atoms. The Morgan fingerprint density at radius 3 is 2.70 bits per heavy atom. The minimum atomic E-state index is -0.755. The molecule has 0 radical (unpaired) electrons. The van der Waals surface area contributed by atoms with Gasteiger partial charge in [-0.25, -0.2) is 4.79 Å². The van der Waals surface area contributed by atoms with E-state index in [4.69, 9.17) is 9.15 Å². The number of carbonyl (C=O) groups excluding carboxylic acids is 2. The number of hydrogen-bond acceptors (Lipinski definition) is 6. The summed E-state index contributed by atoms with van der Waals surface area (Å²) >= 11 is 1.27. The van der Waals surface area contributed by atoms with Gasteiger partial charge in [-0.1, -0.05) is 35.6 Å². The number of aryl methyl sites for hydroxylation is 2. The Bertz CT molecular complexity index is 1440. The second-order valence-electron chi connectivity index (χ2n) is 6.88. The van der Waals surface area contributed by atoms with Crippen LogP contribution in [-0.4, -0.2) is 23.6 Å². The lowest BCUT2D eigenvalue weighted by Crippen LogP contribution is -2.23. The number of rotatable bonds is 3. The summed E-state index contributed by atoms with van der Waals surface area (Å²) in [5, 5.41) is 0.626. The van der Waals surface area contributed by atoms with Crippen molar-refractivity contribution in [3.05, 3.63) is 74.4 Å². The van der Waals surface area contributed by atoms with Crippen molar-refractivity contribution in [1.29, 1.82) is 0 Å². The average Bonchev–Trinajstić information content (AvgIpc) is 3.03. The van der Waals surface area contributed by atoms with Crippen molar-refractivity contribution in [1.82, 2.24) is 4.57 Å². The molecule has 0 atom stereocenters. The molecule has 0 fully saturated rings. The van der Waals surface area contributed by atoms with Crippen LogP contribution in [0, 0.1) is 13.8 Å². The van der Waals surface area contributed by atoms with Gasteiger partial charge in [0.25, 0.3) is 5.91 Å². The van der Waals surface area contributed by atoms with E-state index in [0.717, 1.165) is 21.3 Å². The van der Waals surface area contributed by atoms with E-state index >= 15 is 0 Å². The molecular formula is C22H18N2O5S. The van der Waals surface area contributed by atoms with Gasteiger partial charge in [-0.15, -0.1) is 0 Å². The first kappa shape index (κ1) is 19.8. The van der Waals surface area contributed by atoms with E-state index in [1.165, 1.54) is 24.5 Å². The molecule has 0 saturated carbocycles. The predicted molar refractivity (Wildman–Crippen MR) is 114 cm³/mol. The fraction of sp³-hybridized carbons (Fsp3) is 0.182. The van der Waals surface area contributed by atoms with Crippen molar-refractivity contribution in [2.75, 3.05) is 7.11 Å². The van der Waals surface area contributed by atoms with Gasteiger partial charge in [0.1, 0.15) is 17.7 Å². The number of esters is 1. The fourth-order valence-corrected chi connectivity index (χ4v) is 4.58. The molecule has 152 valence electrons. The van der Waals surface area contributed by atoms with E-state index in [9.17, 15) is 14.4 Å². The van der Waals surface area contributed by atoms with Gasteiger partial charge in [0.2, 0.25) is 0 Å². The van der Waals surface area contributed by atoms with E-state index in [1.54, 1.807) is 28.8 Å². The number of hydrogen-bond donors (Lipinski definition) is 0. The number of carbonyl (C=O) groups is 2. The average molecular weight is 422 g/mol. The van der Waals surface area contributed by atoms with Crippen molar-refractivity contribution in [3.8, 4) is 0 Å². The van der Waals surface area contributed by atoms with Crippen LogP contribution in [0.5, 0.6) is 0 Å². The molecule has 0 unspecified atom stereocenters. The Morgan fingerprint density at radius 2 is 1.93 bits per heavy atom. The molecule has 2 aromatic carbocycles. The second-order valence-corrected chi connectivity index (χ2v) is 7.89. The zero-order chi connectivity index (χ0) is 21.4. The molecule has 2 aromatic heterocycles. The number of thiazole rings is 1. The second kappa shape index (κ2) is 7.72. The normalized spacial score (nSPS) is 11.9. The Hall–Kier alpha value is -3.52. The van der Waals surface area contributed by atoms with Gasteiger partial charge in [0.05, 0.1) is 17.3 Å². The maximum absolute atomic E-state index is 12.9. The van der Waals surface area contributed by atoms with Crippen molar-refractivity contribution in [2.45, 2.75) is 20.4 Å². The zero-order valence-corrected chi connectivity index (χ0v) is 17.4. The minimum absolute atomic E-state index is 0.0984. The van der Waals surface area contributed by atoms with Gasteiger partial charge in [-0.05, 0) is 43.2 Å². The van der Waals surface area contributed by atoms with E-state index in [0.29, 0.717) is 15.8 Å². The van der Waals surface area contributed by atoms with Crippen LogP contribution in [0.15, 0.2) is 56.7 Å². The third-order valence-corrected chi connectivity index (χ3v) is 5.72. The van der Waals surface area contributed by atoms with Gasteiger partial charge in [-0.2, -0.15) is 4.99 Å². The predicted octanol–water partition coefficient (Wildman–Crippen LogP) is 3.34. The minimum Gasteiger partial charge on any atom is -0.468 e. The highest BCUT2D eigenvalue weighted by Gasteiger charge is 2.17.